The Hall–Kier alpha value is -4.87. The number of benzene rings is 2. The van der Waals surface area contributed by atoms with Gasteiger partial charge >= 0.3 is 12.5 Å². The zero-order valence-corrected chi connectivity index (χ0v) is 20.6. The number of alkyl halides is 2. The van der Waals surface area contributed by atoms with Crippen LogP contribution in [0.4, 0.5) is 40.7 Å². The van der Waals surface area contributed by atoms with E-state index in [0.717, 1.165) is 17.0 Å². The molecule has 3 amide bonds. The van der Waals surface area contributed by atoms with Crippen molar-refractivity contribution in [3.63, 3.8) is 0 Å². The van der Waals surface area contributed by atoms with Gasteiger partial charge in [-0.05, 0) is 42.5 Å². The summed E-state index contributed by atoms with van der Waals surface area (Å²) in [7, 11) is 1.59. The van der Waals surface area contributed by atoms with Crippen molar-refractivity contribution in [2.24, 2.45) is 0 Å². The van der Waals surface area contributed by atoms with Crippen molar-refractivity contribution >= 4 is 40.7 Å². The first-order chi connectivity index (χ1) is 18.6. The summed E-state index contributed by atoms with van der Waals surface area (Å²) >= 11 is 0. The molecule has 9 nitrogen and oxygen atoms in total. The number of cyclic esters (lactones) is 1. The van der Waals surface area contributed by atoms with Crippen LogP contribution in [0.25, 0.3) is 0 Å². The summed E-state index contributed by atoms with van der Waals surface area (Å²) in [5.74, 6) is -2.68. The molecule has 0 saturated carbocycles. The number of nitrogens with zero attached hydrogens (tertiary/aromatic N) is 2. The van der Waals surface area contributed by atoms with Gasteiger partial charge in [-0.15, -0.1) is 0 Å². The van der Waals surface area contributed by atoms with E-state index in [4.69, 9.17) is 4.74 Å². The molecule has 1 fully saturated rings. The summed E-state index contributed by atoms with van der Waals surface area (Å²) in [6, 6.07) is 18.2. The van der Waals surface area contributed by atoms with Gasteiger partial charge in [-0.2, -0.15) is 8.78 Å². The zero-order chi connectivity index (χ0) is 28.1. The van der Waals surface area contributed by atoms with Gasteiger partial charge in [0.05, 0.1) is 30.2 Å². The molecule has 0 bridgehead atoms. The Bertz CT molecular complexity index is 1460. The molecule has 1 atom stereocenters. The highest BCUT2D eigenvalue weighted by Gasteiger charge is 2.33. The van der Waals surface area contributed by atoms with Crippen molar-refractivity contribution in [1.29, 1.82) is 0 Å². The van der Waals surface area contributed by atoms with Crippen LogP contribution >= 0.6 is 0 Å². The van der Waals surface area contributed by atoms with E-state index in [-0.39, 0.29) is 35.7 Å². The number of amides is 3. The Morgan fingerprint density at radius 3 is 2.46 bits per heavy atom. The molecule has 1 saturated heterocycles. The topological polar surface area (TPSA) is 108 Å². The first kappa shape index (κ1) is 27.2. The number of nitrogens with one attached hydrogen (secondary N) is 2. The summed E-state index contributed by atoms with van der Waals surface area (Å²) in [6.07, 6.45) is -4.93. The maximum absolute atomic E-state index is 14.9. The lowest BCUT2D eigenvalue weighted by atomic mass is 10.2. The van der Waals surface area contributed by atoms with Crippen LogP contribution in [0.15, 0.2) is 77.6 Å². The van der Waals surface area contributed by atoms with Crippen molar-refractivity contribution < 1.29 is 32.3 Å². The van der Waals surface area contributed by atoms with E-state index in [1.54, 1.807) is 31.3 Å². The minimum absolute atomic E-state index is 0.0125. The third kappa shape index (κ3) is 6.35. The summed E-state index contributed by atoms with van der Waals surface area (Å²) in [5, 5.41) is 4.67. The van der Waals surface area contributed by atoms with E-state index in [1.807, 2.05) is 11.4 Å². The van der Waals surface area contributed by atoms with Gasteiger partial charge in [0.1, 0.15) is 11.9 Å². The number of anilines is 4. The third-order valence-electron chi connectivity index (χ3n) is 5.90. The minimum Gasteiger partial charge on any atom is -0.442 e. The highest BCUT2D eigenvalue weighted by Crippen LogP contribution is 2.27. The SMILES string of the molecule is CN(C(=O)c1cccc(Nc2ccc(N3C[C@H](CNC(=O)C(F)F)OC3=O)cc2F)c(=O)c1)c1ccccc1. The van der Waals surface area contributed by atoms with Gasteiger partial charge in [0.15, 0.2) is 0 Å². The Kier molecular flexibility index (Phi) is 8.13. The lowest BCUT2D eigenvalue weighted by molar-refractivity contribution is -0.132. The van der Waals surface area contributed by atoms with Crippen molar-refractivity contribution in [1.82, 2.24) is 5.32 Å². The molecule has 0 radical (unpaired) electrons. The fourth-order valence-electron chi connectivity index (χ4n) is 3.84. The minimum atomic E-state index is -3.20. The second kappa shape index (κ2) is 11.7. The van der Waals surface area contributed by atoms with Crippen LogP contribution in [-0.4, -0.2) is 50.6 Å². The van der Waals surface area contributed by atoms with Gasteiger partial charge in [0.2, 0.25) is 5.43 Å². The van der Waals surface area contributed by atoms with E-state index in [0.29, 0.717) is 5.69 Å². The van der Waals surface area contributed by atoms with E-state index in [9.17, 15) is 32.3 Å². The van der Waals surface area contributed by atoms with Gasteiger partial charge < -0.3 is 20.3 Å². The van der Waals surface area contributed by atoms with Crippen LogP contribution in [0.5, 0.6) is 0 Å². The Morgan fingerprint density at radius 1 is 1.03 bits per heavy atom. The highest BCUT2D eigenvalue weighted by atomic mass is 19.3. The molecule has 0 spiro atoms. The molecule has 202 valence electrons. The summed E-state index contributed by atoms with van der Waals surface area (Å²) < 4.78 is 44.7. The van der Waals surface area contributed by atoms with E-state index in [1.165, 1.54) is 35.2 Å². The predicted octanol–water partition coefficient (Wildman–Crippen LogP) is 3.91. The first-order valence-electron chi connectivity index (χ1n) is 11.7. The number of hydrogen-bond donors (Lipinski definition) is 2. The fraction of sp³-hybridized carbons (Fsp3) is 0.185. The lowest BCUT2D eigenvalue weighted by Gasteiger charge is -2.16. The Balaban J connectivity index is 1.46. The summed E-state index contributed by atoms with van der Waals surface area (Å²) in [5.41, 5.74) is 0.312. The molecule has 12 heteroatoms. The average molecular weight is 540 g/mol. The second-order valence-electron chi connectivity index (χ2n) is 8.55. The first-order valence-corrected chi connectivity index (χ1v) is 11.7. The molecule has 3 aromatic carbocycles. The molecular weight excluding hydrogens is 517 g/mol. The third-order valence-corrected chi connectivity index (χ3v) is 5.90. The molecule has 2 N–H and O–H groups in total. The molecule has 1 aliphatic heterocycles. The monoisotopic (exact) mass is 540 g/mol. The normalized spacial score (nSPS) is 14.6. The van der Waals surface area contributed by atoms with E-state index in [2.05, 4.69) is 5.32 Å². The van der Waals surface area contributed by atoms with Gasteiger partial charge in [0, 0.05) is 24.4 Å². The fourth-order valence-corrected chi connectivity index (χ4v) is 3.84. The van der Waals surface area contributed by atoms with E-state index >= 15 is 0 Å². The zero-order valence-electron chi connectivity index (χ0n) is 20.6. The number of rotatable bonds is 8. The maximum Gasteiger partial charge on any atom is 0.414 e. The van der Waals surface area contributed by atoms with Crippen LogP contribution in [0, 0.1) is 5.82 Å². The molecule has 0 unspecified atom stereocenters. The number of halogens is 3. The largest absolute Gasteiger partial charge is 0.442 e. The number of carbonyl (C=O) groups is 3. The lowest BCUT2D eigenvalue weighted by Crippen LogP contribution is -2.37. The van der Waals surface area contributed by atoms with Crippen molar-refractivity contribution in [2.45, 2.75) is 12.5 Å². The van der Waals surface area contributed by atoms with Gasteiger partial charge in [0.25, 0.3) is 11.8 Å². The number of ether oxygens (including phenoxy) is 1. The van der Waals surface area contributed by atoms with Crippen LogP contribution in [0.1, 0.15) is 10.4 Å². The second-order valence-corrected chi connectivity index (χ2v) is 8.55. The van der Waals surface area contributed by atoms with Crippen molar-refractivity contribution in [2.75, 3.05) is 35.3 Å². The summed E-state index contributed by atoms with van der Waals surface area (Å²) in [4.78, 5) is 51.4. The summed E-state index contributed by atoms with van der Waals surface area (Å²) in [6.45, 7) is -0.418. The van der Waals surface area contributed by atoms with Crippen LogP contribution in [0.2, 0.25) is 0 Å². The molecule has 1 heterocycles. The molecule has 0 aliphatic carbocycles. The number of carbonyl (C=O) groups excluding carboxylic acids is 3. The van der Waals surface area contributed by atoms with Crippen molar-refractivity contribution in [3.8, 4) is 0 Å². The smallest absolute Gasteiger partial charge is 0.414 e. The maximum atomic E-state index is 14.9. The van der Waals surface area contributed by atoms with Gasteiger partial charge in [-0.25, -0.2) is 9.18 Å². The van der Waals surface area contributed by atoms with Crippen LogP contribution < -0.4 is 25.9 Å². The average Bonchev–Trinajstić information content (AvgIpc) is 3.20. The number of hydrogen-bond acceptors (Lipinski definition) is 6. The molecule has 4 rings (SSSR count). The Labute approximate surface area is 220 Å². The van der Waals surface area contributed by atoms with E-state index < -0.39 is 41.7 Å². The van der Waals surface area contributed by atoms with Gasteiger partial charge in [-0.3, -0.25) is 19.3 Å². The molecule has 1 aliphatic rings. The van der Waals surface area contributed by atoms with Crippen LogP contribution in [-0.2, 0) is 9.53 Å². The van der Waals surface area contributed by atoms with Crippen molar-refractivity contribution in [3.05, 3.63) is 94.4 Å². The molecule has 0 aromatic heterocycles. The molecular formula is C27H23F3N4O5. The number of para-hydroxylation sites is 1. The molecule has 3 aromatic rings. The highest BCUT2D eigenvalue weighted by molar-refractivity contribution is 6.05. The predicted molar refractivity (Wildman–Crippen MR) is 138 cm³/mol. The Morgan fingerprint density at radius 2 is 1.77 bits per heavy atom. The quantitative estimate of drug-likeness (QED) is 0.449. The molecule has 39 heavy (non-hydrogen) atoms. The standard InChI is InChI=1S/C27H23F3N4O5/c1-33(17-7-3-2-4-8-17)26(37)16-6-5-9-22(23(35)12-16)32-21-11-10-18(13-20(21)28)34-15-19(39-27(34)38)14-31-25(36)24(29)30/h2-13,19,24H,14-15H2,1H3,(H,31,36)(H,32,35)/t19-/m0/s1. The van der Waals surface area contributed by atoms with Gasteiger partial charge in [-0.1, -0.05) is 24.3 Å². The van der Waals surface area contributed by atoms with Crippen LogP contribution in [0.3, 0.4) is 0 Å².